The molecule has 0 fully saturated rings. The summed E-state index contributed by atoms with van der Waals surface area (Å²) in [6.07, 6.45) is 3.28. The van der Waals surface area contributed by atoms with E-state index < -0.39 is 0 Å². The van der Waals surface area contributed by atoms with E-state index in [9.17, 15) is 4.79 Å². The van der Waals surface area contributed by atoms with E-state index in [2.05, 4.69) is 15.0 Å². The molecule has 1 amide bonds. The Morgan fingerprint density at radius 1 is 1.00 bits per heavy atom. The van der Waals surface area contributed by atoms with Crippen molar-refractivity contribution in [2.24, 2.45) is 0 Å². The van der Waals surface area contributed by atoms with Gasteiger partial charge >= 0.3 is 6.01 Å². The van der Waals surface area contributed by atoms with Crippen LogP contribution in [0.5, 0.6) is 23.5 Å². The summed E-state index contributed by atoms with van der Waals surface area (Å²) in [5, 5.41) is 0. The molecule has 2 aromatic heterocycles. The number of carbonyl (C=O) groups excluding carboxylic acids is 1. The van der Waals surface area contributed by atoms with Crippen LogP contribution in [0.1, 0.15) is 10.4 Å². The van der Waals surface area contributed by atoms with Gasteiger partial charge in [-0.25, -0.2) is 0 Å². The van der Waals surface area contributed by atoms with Gasteiger partial charge in [-0.1, -0.05) is 0 Å². The largest absolute Gasteiger partial charge is 0.481 e. The summed E-state index contributed by atoms with van der Waals surface area (Å²) >= 11 is 0. The molecule has 3 rings (SSSR count). The second-order valence-electron chi connectivity index (χ2n) is 5.44. The number of ether oxygens (including phenoxy) is 3. The molecule has 0 aliphatic heterocycles. The van der Waals surface area contributed by atoms with Gasteiger partial charge in [0.05, 0.1) is 32.2 Å². The zero-order chi connectivity index (χ0) is 19.2. The van der Waals surface area contributed by atoms with Gasteiger partial charge in [0.25, 0.3) is 5.91 Å². The summed E-state index contributed by atoms with van der Waals surface area (Å²) in [5.74, 6) is 0.961. The van der Waals surface area contributed by atoms with E-state index in [1.807, 2.05) is 6.07 Å². The monoisotopic (exact) mass is 366 g/mol. The Labute approximate surface area is 156 Å². The molecule has 0 unspecified atom stereocenters. The maximum absolute atomic E-state index is 12.6. The van der Waals surface area contributed by atoms with E-state index in [1.165, 1.54) is 19.1 Å². The highest BCUT2D eigenvalue weighted by atomic mass is 16.5. The SMILES string of the molecule is COc1cc(OC)nc(Oc2ccc(C(=O)N(C)c3cccnc3)cc2)n1. The van der Waals surface area contributed by atoms with Crippen LogP contribution < -0.4 is 19.1 Å². The maximum Gasteiger partial charge on any atom is 0.328 e. The van der Waals surface area contributed by atoms with Crippen molar-refractivity contribution in [3.8, 4) is 23.5 Å². The zero-order valence-corrected chi connectivity index (χ0v) is 15.1. The highest BCUT2D eigenvalue weighted by Gasteiger charge is 2.14. The highest BCUT2D eigenvalue weighted by molar-refractivity contribution is 6.05. The first kappa shape index (κ1) is 18.1. The van der Waals surface area contributed by atoms with Gasteiger partial charge in [0.1, 0.15) is 5.75 Å². The summed E-state index contributed by atoms with van der Waals surface area (Å²) in [6, 6.07) is 11.9. The lowest BCUT2D eigenvalue weighted by atomic mass is 10.2. The molecule has 0 bridgehead atoms. The number of nitrogens with zero attached hydrogens (tertiary/aromatic N) is 4. The molecule has 0 N–H and O–H groups in total. The molecule has 138 valence electrons. The fourth-order valence-corrected chi connectivity index (χ4v) is 2.27. The molecule has 0 saturated heterocycles. The number of carbonyl (C=O) groups is 1. The molecule has 0 atom stereocenters. The van der Waals surface area contributed by atoms with Gasteiger partial charge in [-0.3, -0.25) is 9.78 Å². The van der Waals surface area contributed by atoms with E-state index in [-0.39, 0.29) is 11.9 Å². The molecule has 0 saturated carbocycles. The molecule has 0 aliphatic carbocycles. The van der Waals surface area contributed by atoms with Gasteiger partial charge in [0.15, 0.2) is 0 Å². The highest BCUT2D eigenvalue weighted by Crippen LogP contribution is 2.24. The van der Waals surface area contributed by atoms with Gasteiger partial charge in [-0.2, -0.15) is 9.97 Å². The second-order valence-corrected chi connectivity index (χ2v) is 5.44. The van der Waals surface area contributed by atoms with Crippen LogP contribution >= 0.6 is 0 Å². The van der Waals surface area contributed by atoms with Gasteiger partial charge in [-0.05, 0) is 36.4 Å². The lowest BCUT2D eigenvalue weighted by Gasteiger charge is -2.17. The predicted molar refractivity (Wildman–Crippen MR) is 98.6 cm³/mol. The number of benzene rings is 1. The van der Waals surface area contributed by atoms with Gasteiger partial charge in [-0.15, -0.1) is 0 Å². The minimum absolute atomic E-state index is 0.0813. The lowest BCUT2D eigenvalue weighted by Crippen LogP contribution is -2.26. The Morgan fingerprint density at radius 2 is 1.67 bits per heavy atom. The zero-order valence-electron chi connectivity index (χ0n) is 15.1. The number of pyridine rings is 1. The molecule has 8 nitrogen and oxygen atoms in total. The number of hydrogen-bond donors (Lipinski definition) is 0. The van der Waals surface area contributed by atoms with Crippen molar-refractivity contribution in [2.75, 3.05) is 26.2 Å². The summed E-state index contributed by atoms with van der Waals surface area (Å²) < 4.78 is 15.8. The Balaban J connectivity index is 1.75. The molecule has 1 aromatic carbocycles. The number of anilines is 1. The average molecular weight is 366 g/mol. The molecular weight excluding hydrogens is 348 g/mol. The van der Waals surface area contributed by atoms with E-state index in [0.717, 1.165) is 0 Å². The minimum atomic E-state index is -0.158. The Bertz CT molecular complexity index is 895. The Kier molecular flexibility index (Phi) is 5.46. The van der Waals surface area contributed by atoms with Crippen LogP contribution in [-0.4, -0.2) is 42.1 Å². The molecule has 0 spiro atoms. The van der Waals surface area contributed by atoms with Crippen molar-refractivity contribution in [3.63, 3.8) is 0 Å². The van der Waals surface area contributed by atoms with Gasteiger partial charge in [0.2, 0.25) is 11.8 Å². The van der Waals surface area contributed by atoms with Crippen molar-refractivity contribution < 1.29 is 19.0 Å². The summed E-state index contributed by atoms with van der Waals surface area (Å²) in [6.45, 7) is 0. The standard InChI is InChI=1S/C19H18N4O4/c1-23(14-5-4-10-20-12-14)18(24)13-6-8-15(9-7-13)27-19-21-16(25-2)11-17(22-19)26-3/h4-12H,1-3H3. The number of hydrogen-bond acceptors (Lipinski definition) is 7. The Hall–Kier alpha value is -3.68. The van der Waals surface area contributed by atoms with Crippen LogP contribution in [0.3, 0.4) is 0 Å². The number of amides is 1. The molecule has 0 radical (unpaired) electrons. The van der Waals surface area contributed by atoms with Gasteiger partial charge in [0, 0.05) is 18.8 Å². The van der Waals surface area contributed by atoms with Crippen LogP contribution in [0.25, 0.3) is 0 Å². The summed E-state index contributed by atoms with van der Waals surface area (Å²) in [4.78, 5) is 26.3. The van der Waals surface area contributed by atoms with Crippen LogP contribution in [0, 0.1) is 0 Å². The minimum Gasteiger partial charge on any atom is -0.481 e. The third kappa shape index (κ3) is 4.30. The normalized spacial score (nSPS) is 10.2. The molecule has 27 heavy (non-hydrogen) atoms. The summed E-state index contributed by atoms with van der Waals surface area (Å²) in [5.41, 5.74) is 1.22. The third-order valence-corrected chi connectivity index (χ3v) is 3.73. The summed E-state index contributed by atoms with van der Waals surface area (Å²) in [7, 11) is 4.68. The van der Waals surface area contributed by atoms with Crippen molar-refractivity contribution >= 4 is 11.6 Å². The fourth-order valence-electron chi connectivity index (χ4n) is 2.27. The third-order valence-electron chi connectivity index (χ3n) is 3.73. The first-order valence-electron chi connectivity index (χ1n) is 8.04. The van der Waals surface area contributed by atoms with E-state index in [4.69, 9.17) is 14.2 Å². The van der Waals surface area contributed by atoms with Crippen molar-refractivity contribution in [3.05, 3.63) is 60.4 Å². The molecular formula is C19H18N4O4. The van der Waals surface area contributed by atoms with Gasteiger partial charge < -0.3 is 19.1 Å². The smallest absolute Gasteiger partial charge is 0.328 e. The van der Waals surface area contributed by atoms with E-state index in [1.54, 1.807) is 55.8 Å². The van der Waals surface area contributed by atoms with Crippen molar-refractivity contribution in [2.45, 2.75) is 0 Å². The van der Waals surface area contributed by atoms with Crippen LogP contribution in [-0.2, 0) is 0 Å². The molecule has 8 heteroatoms. The molecule has 2 heterocycles. The Morgan fingerprint density at radius 3 is 2.22 bits per heavy atom. The number of rotatable bonds is 6. The van der Waals surface area contributed by atoms with Crippen LogP contribution in [0.15, 0.2) is 54.9 Å². The average Bonchev–Trinajstić information content (AvgIpc) is 2.73. The molecule has 0 aliphatic rings. The van der Waals surface area contributed by atoms with E-state index in [0.29, 0.717) is 28.8 Å². The van der Waals surface area contributed by atoms with E-state index >= 15 is 0 Å². The first-order valence-corrected chi connectivity index (χ1v) is 8.04. The molecule has 3 aromatic rings. The van der Waals surface area contributed by atoms with Crippen LogP contribution in [0.4, 0.5) is 5.69 Å². The fraction of sp³-hybridized carbons (Fsp3) is 0.158. The maximum atomic E-state index is 12.6. The first-order chi connectivity index (χ1) is 13.1. The predicted octanol–water partition coefficient (Wildman–Crippen LogP) is 2.96. The lowest BCUT2D eigenvalue weighted by molar-refractivity contribution is 0.0993. The van der Waals surface area contributed by atoms with Crippen molar-refractivity contribution in [1.29, 1.82) is 0 Å². The van der Waals surface area contributed by atoms with Crippen LogP contribution in [0.2, 0.25) is 0 Å². The van der Waals surface area contributed by atoms with Crippen molar-refractivity contribution in [1.82, 2.24) is 15.0 Å². The number of aromatic nitrogens is 3. The quantitative estimate of drug-likeness (QED) is 0.663. The topological polar surface area (TPSA) is 86.7 Å². The number of methoxy groups -OCH3 is 2. The second kappa shape index (κ2) is 8.13.